The van der Waals surface area contributed by atoms with Crippen LogP contribution in [0.4, 0.5) is 0 Å². The molecule has 0 unspecified atom stereocenters. The molecule has 0 atom stereocenters. The van der Waals surface area contributed by atoms with Crippen LogP contribution in [0.5, 0.6) is 0 Å². The summed E-state index contributed by atoms with van der Waals surface area (Å²) in [6.45, 7) is 0. The van der Waals surface area contributed by atoms with Gasteiger partial charge in [0.25, 0.3) is 0 Å². The highest BCUT2D eigenvalue weighted by molar-refractivity contribution is 6.30. The molecule has 0 fully saturated rings. The van der Waals surface area contributed by atoms with E-state index in [-0.39, 0.29) is 0 Å². The summed E-state index contributed by atoms with van der Waals surface area (Å²) in [5.41, 5.74) is 10.0. The van der Waals surface area contributed by atoms with E-state index in [0.717, 1.165) is 0 Å². The van der Waals surface area contributed by atoms with E-state index in [1.165, 1.54) is 98.4 Å². The summed E-state index contributed by atoms with van der Waals surface area (Å²) in [6, 6.07) is 71.3. The first kappa shape index (κ1) is 28.5. The first-order valence-corrected chi connectivity index (χ1v) is 17.4. The zero-order valence-electron chi connectivity index (χ0n) is 27.5. The lowest BCUT2D eigenvalue weighted by Gasteiger charge is -2.21. The molecule has 10 rings (SSSR count). The van der Waals surface area contributed by atoms with E-state index in [4.69, 9.17) is 0 Å². The molecule has 0 heterocycles. The number of hydrogen-bond acceptors (Lipinski definition) is 0. The van der Waals surface area contributed by atoms with Gasteiger partial charge in [-0.3, -0.25) is 0 Å². The van der Waals surface area contributed by atoms with Gasteiger partial charge in [-0.2, -0.15) is 0 Å². The Morgan fingerprint density at radius 2 is 0.720 bits per heavy atom. The van der Waals surface area contributed by atoms with Crippen molar-refractivity contribution in [3.8, 4) is 44.5 Å². The molecule has 0 saturated heterocycles. The second-order valence-corrected chi connectivity index (χ2v) is 13.2. The van der Waals surface area contributed by atoms with Crippen molar-refractivity contribution in [1.82, 2.24) is 0 Å². The molecule has 0 N–H and O–H groups in total. The third-order valence-electron chi connectivity index (χ3n) is 10.4. The lowest BCUT2D eigenvalue weighted by molar-refractivity contribution is 1.61. The van der Waals surface area contributed by atoms with Gasteiger partial charge in [0.2, 0.25) is 0 Å². The number of rotatable bonds is 4. The quantitative estimate of drug-likeness (QED) is 0.134. The maximum absolute atomic E-state index is 2.45. The van der Waals surface area contributed by atoms with Gasteiger partial charge in [0.1, 0.15) is 0 Å². The van der Waals surface area contributed by atoms with Gasteiger partial charge in [-0.15, -0.1) is 0 Å². The SMILES string of the molecule is c1ccc(-c2ccc3cc4cc5c(-c6ccccc6)c(-c6ccccc6)c6c7ccccc7ccc6c5cc4cc3c2-c2ccccc2)cc1. The van der Waals surface area contributed by atoms with Crippen LogP contribution in [-0.4, -0.2) is 0 Å². The Balaban J connectivity index is 1.38. The van der Waals surface area contributed by atoms with Gasteiger partial charge in [-0.05, 0) is 123 Å². The van der Waals surface area contributed by atoms with Gasteiger partial charge in [0.15, 0.2) is 0 Å². The highest BCUT2D eigenvalue weighted by Gasteiger charge is 2.21. The van der Waals surface area contributed by atoms with E-state index < -0.39 is 0 Å². The van der Waals surface area contributed by atoms with Crippen molar-refractivity contribution in [2.24, 2.45) is 0 Å². The van der Waals surface area contributed by atoms with Crippen LogP contribution in [-0.2, 0) is 0 Å². The molecule has 0 amide bonds. The minimum absolute atomic E-state index is 1.23. The monoisotopic (exact) mass is 632 g/mol. The molecule has 0 aromatic heterocycles. The Bertz CT molecular complexity index is 2870. The van der Waals surface area contributed by atoms with Crippen molar-refractivity contribution < 1.29 is 0 Å². The Morgan fingerprint density at radius 1 is 0.220 bits per heavy atom. The molecule has 0 nitrogen and oxygen atoms in total. The molecule has 0 heteroatoms. The van der Waals surface area contributed by atoms with Gasteiger partial charge in [0.05, 0.1) is 0 Å². The van der Waals surface area contributed by atoms with Gasteiger partial charge >= 0.3 is 0 Å². The molecule has 0 saturated carbocycles. The van der Waals surface area contributed by atoms with E-state index in [2.05, 4.69) is 194 Å². The van der Waals surface area contributed by atoms with Crippen LogP contribution in [0.25, 0.3) is 98.4 Å². The number of benzene rings is 10. The van der Waals surface area contributed by atoms with Crippen molar-refractivity contribution >= 4 is 53.9 Å². The maximum atomic E-state index is 2.45. The van der Waals surface area contributed by atoms with E-state index in [9.17, 15) is 0 Å². The molecule has 0 aliphatic rings. The Kier molecular flexibility index (Phi) is 6.60. The summed E-state index contributed by atoms with van der Waals surface area (Å²) < 4.78 is 0. The first-order valence-electron chi connectivity index (χ1n) is 17.4. The Labute approximate surface area is 291 Å². The predicted octanol–water partition coefficient (Wildman–Crippen LogP) is 14.1. The molecular formula is C50H32. The molecule has 0 bridgehead atoms. The highest BCUT2D eigenvalue weighted by Crippen LogP contribution is 2.48. The van der Waals surface area contributed by atoms with Gasteiger partial charge in [-0.1, -0.05) is 170 Å². The first-order chi connectivity index (χ1) is 24.8. The average molecular weight is 633 g/mol. The lowest BCUT2D eigenvalue weighted by Crippen LogP contribution is -1.93. The summed E-state index contributed by atoms with van der Waals surface area (Å²) in [6.07, 6.45) is 0. The van der Waals surface area contributed by atoms with Crippen LogP contribution in [0.1, 0.15) is 0 Å². The topological polar surface area (TPSA) is 0 Å². The van der Waals surface area contributed by atoms with Crippen molar-refractivity contribution in [2.45, 2.75) is 0 Å². The second-order valence-electron chi connectivity index (χ2n) is 13.2. The minimum Gasteiger partial charge on any atom is -0.0622 e. The van der Waals surface area contributed by atoms with Crippen molar-refractivity contribution in [1.29, 1.82) is 0 Å². The van der Waals surface area contributed by atoms with Crippen LogP contribution in [0.15, 0.2) is 194 Å². The average Bonchev–Trinajstić information content (AvgIpc) is 3.19. The summed E-state index contributed by atoms with van der Waals surface area (Å²) >= 11 is 0. The molecule has 10 aromatic carbocycles. The van der Waals surface area contributed by atoms with Crippen LogP contribution < -0.4 is 0 Å². The summed E-state index contributed by atoms with van der Waals surface area (Å²) in [4.78, 5) is 0. The molecule has 0 aliphatic carbocycles. The third kappa shape index (κ3) is 4.54. The summed E-state index contributed by atoms with van der Waals surface area (Å²) in [7, 11) is 0. The molecule has 50 heavy (non-hydrogen) atoms. The van der Waals surface area contributed by atoms with Crippen molar-refractivity contribution in [3.63, 3.8) is 0 Å². The second kappa shape index (κ2) is 11.6. The molecule has 0 aliphatic heterocycles. The van der Waals surface area contributed by atoms with Crippen molar-refractivity contribution in [2.75, 3.05) is 0 Å². The fraction of sp³-hybridized carbons (Fsp3) is 0. The number of fused-ring (bicyclic) bond motifs is 7. The third-order valence-corrected chi connectivity index (χ3v) is 10.4. The van der Waals surface area contributed by atoms with Crippen LogP contribution in [0.3, 0.4) is 0 Å². The summed E-state index contributed by atoms with van der Waals surface area (Å²) in [5.74, 6) is 0. The van der Waals surface area contributed by atoms with Crippen molar-refractivity contribution in [3.05, 3.63) is 194 Å². The molecule has 10 aromatic rings. The largest absolute Gasteiger partial charge is 0.0622 e. The van der Waals surface area contributed by atoms with E-state index in [1.807, 2.05) is 0 Å². The normalized spacial score (nSPS) is 11.6. The van der Waals surface area contributed by atoms with E-state index in [1.54, 1.807) is 0 Å². The summed E-state index contributed by atoms with van der Waals surface area (Å²) in [5, 5.41) is 12.7. The Hall–Kier alpha value is -6.50. The molecule has 232 valence electrons. The zero-order chi connectivity index (χ0) is 33.0. The van der Waals surface area contributed by atoms with Crippen LogP contribution in [0.2, 0.25) is 0 Å². The molecule has 0 radical (unpaired) electrons. The minimum atomic E-state index is 1.23. The van der Waals surface area contributed by atoms with Crippen LogP contribution in [0, 0.1) is 0 Å². The lowest BCUT2D eigenvalue weighted by atomic mass is 9.82. The van der Waals surface area contributed by atoms with E-state index >= 15 is 0 Å². The van der Waals surface area contributed by atoms with E-state index in [0.29, 0.717) is 0 Å². The number of hydrogen-bond donors (Lipinski definition) is 0. The predicted molar refractivity (Wildman–Crippen MR) is 216 cm³/mol. The van der Waals surface area contributed by atoms with Gasteiger partial charge < -0.3 is 0 Å². The van der Waals surface area contributed by atoms with Gasteiger partial charge in [0, 0.05) is 0 Å². The fourth-order valence-electron chi connectivity index (χ4n) is 8.15. The fourth-order valence-corrected chi connectivity index (χ4v) is 8.15. The Morgan fingerprint density at radius 3 is 1.40 bits per heavy atom. The van der Waals surface area contributed by atoms with Crippen LogP contribution >= 0.6 is 0 Å². The smallest absolute Gasteiger partial charge is 0.00141 e. The standard InChI is InChI=1S/C50H32/c1-5-15-33(16-6-1)42-27-26-38-29-39-32-46-45(31-40(39)30-44(38)47(42)35-18-7-2-8-19-35)43-28-25-34-17-13-14-24-41(34)50(43)49(37-22-11-4-12-23-37)48(46)36-20-9-3-10-21-36/h1-32H. The molecular weight excluding hydrogens is 601 g/mol. The van der Waals surface area contributed by atoms with Gasteiger partial charge in [-0.25, -0.2) is 0 Å². The molecule has 0 spiro atoms. The maximum Gasteiger partial charge on any atom is -0.00141 e. The zero-order valence-corrected chi connectivity index (χ0v) is 27.5. The highest BCUT2D eigenvalue weighted by atomic mass is 14.2.